The number of cyclic esters (lactones) is 1. The van der Waals surface area contributed by atoms with Gasteiger partial charge in [-0.1, -0.05) is 18.2 Å². The molecule has 0 aromatic heterocycles. The zero-order valence-electron chi connectivity index (χ0n) is 10.4. The number of carbonyl (C=O) groups excluding carboxylic acids is 2. The van der Waals surface area contributed by atoms with E-state index in [0.717, 1.165) is 6.08 Å². The molecule has 2 rings (SSSR count). The third-order valence-electron chi connectivity index (χ3n) is 2.75. The van der Waals surface area contributed by atoms with Crippen molar-refractivity contribution < 1.29 is 32.6 Å². The molecule has 112 valence electrons. The highest BCUT2D eigenvalue weighted by Crippen LogP contribution is 2.34. The van der Waals surface area contributed by atoms with E-state index >= 15 is 0 Å². The smallest absolute Gasteiger partial charge is 0.418 e. The molecule has 1 aromatic carbocycles. The molecule has 8 heteroatoms. The van der Waals surface area contributed by atoms with Gasteiger partial charge < -0.3 is 15.2 Å². The maximum atomic E-state index is 12.5. The van der Waals surface area contributed by atoms with E-state index < -0.39 is 29.9 Å². The summed E-state index contributed by atoms with van der Waals surface area (Å²) in [4.78, 5) is 23.3. The quantitative estimate of drug-likeness (QED) is 0.634. The Morgan fingerprint density at radius 1 is 1.29 bits per heavy atom. The number of ether oxygens (including phenoxy) is 1. The standard InChI is InChI=1S/C13H10F3NO4/c14-13(15,16)12(20)7-6-9(11(19)21-12)17-10(18)8-4-2-1-3-5-8/h1-7,9,20H,(H,17,18). The number of halogens is 3. The molecule has 5 nitrogen and oxygen atoms in total. The van der Waals surface area contributed by atoms with Crippen molar-refractivity contribution in [2.75, 3.05) is 0 Å². The molecule has 0 bridgehead atoms. The minimum atomic E-state index is -5.16. The van der Waals surface area contributed by atoms with Gasteiger partial charge in [0.05, 0.1) is 0 Å². The number of alkyl halides is 3. The number of carbonyl (C=O) groups is 2. The third kappa shape index (κ3) is 3.05. The van der Waals surface area contributed by atoms with Gasteiger partial charge in [0.15, 0.2) is 0 Å². The number of rotatable bonds is 2. The topological polar surface area (TPSA) is 75.6 Å². The fraction of sp³-hybridized carbons (Fsp3) is 0.231. The molecule has 1 aliphatic heterocycles. The molecular weight excluding hydrogens is 291 g/mol. The molecule has 1 aliphatic rings. The number of nitrogens with one attached hydrogen (secondary N) is 1. The summed E-state index contributed by atoms with van der Waals surface area (Å²) >= 11 is 0. The van der Waals surface area contributed by atoms with Gasteiger partial charge in [-0.05, 0) is 24.3 Å². The maximum Gasteiger partial charge on any atom is 0.459 e. The van der Waals surface area contributed by atoms with Gasteiger partial charge in [0.2, 0.25) is 0 Å². The zero-order valence-corrected chi connectivity index (χ0v) is 10.4. The number of benzene rings is 1. The lowest BCUT2D eigenvalue weighted by Gasteiger charge is -2.31. The van der Waals surface area contributed by atoms with E-state index in [2.05, 4.69) is 10.1 Å². The minimum Gasteiger partial charge on any atom is -0.418 e. The van der Waals surface area contributed by atoms with E-state index in [1.54, 1.807) is 18.2 Å². The zero-order chi connectivity index (χ0) is 15.7. The lowest BCUT2D eigenvalue weighted by Crippen LogP contribution is -2.54. The Labute approximate surface area is 117 Å². The van der Waals surface area contributed by atoms with Crippen LogP contribution in [0.3, 0.4) is 0 Å². The summed E-state index contributed by atoms with van der Waals surface area (Å²) in [6, 6.07) is 6.40. The fourth-order valence-corrected chi connectivity index (χ4v) is 1.63. The second-order valence-corrected chi connectivity index (χ2v) is 4.29. The van der Waals surface area contributed by atoms with Gasteiger partial charge in [0.1, 0.15) is 6.04 Å². The first kappa shape index (κ1) is 15.0. The van der Waals surface area contributed by atoms with Crippen molar-refractivity contribution in [2.24, 2.45) is 0 Å². The van der Waals surface area contributed by atoms with Crippen molar-refractivity contribution in [2.45, 2.75) is 18.0 Å². The Hall–Kier alpha value is -2.35. The monoisotopic (exact) mass is 301 g/mol. The van der Waals surface area contributed by atoms with Crippen LogP contribution in [-0.4, -0.2) is 35.0 Å². The van der Waals surface area contributed by atoms with Crippen LogP contribution in [0.15, 0.2) is 42.5 Å². The molecule has 0 aliphatic carbocycles. The Kier molecular flexibility index (Phi) is 3.73. The summed E-state index contributed by atoms with van der Waals surface area (Å²) in [5.41, 5.74) is 0.232. The third-order valence-corrected chi connectivity index (χ3v) is 2.75. The van der Waals surface area contributed by atoms with Crippen LogP contribution in [-0.2, 0) is 9.53 Å². The highest BCUT2D eigenvalue weighted by atomic mass is 19.4. The molecule has 2 atom stereocenters. The van der Waals surface area contributed by atoms with Crippen LogP contribution in [0, 0.1) is 0 Å². The van der Waals surface area contributed by atoms with Crippen molar-refractivity contribution >= 4 is 11.9 Å². The van der Waals surface area contributed by atoms with Crippen LogP contribution < -0.4 is 5.32 Å². The van der Waals surface area contributed by atoms with Crippen molar-refractivity contribution in [1.29, 1.82) is 0 Å². The van der Waals surface area contributed by atoms with E-state index in [4.69, 9.17) is 0 Å². The predicted molar refractivity (Wildman–Crippen MR) is 63.9 cm³/mol. The largest absolute Gasteiger partial charge is 0.459 e. The summed E-state index contributed by atoms with van der Waals surface area (Å²) < 4.78 is 41.4. The Balaban J connectivity index is 2.12. The van der Waals surface area contributed by atoms with E-state index in [9.17, 15) is 27.9 Å². The van der Waals surface area contributed by atoms with E-state index in [0.29, 0.717) is 0 Å². The Morgan fingerprint density at radius 3 is 2.43 bits per heavy atom. The first-order valence-electron chi connectivity index (χ1n) is 5.80. The number of aliphatic hydroxyl groups is 1. The normalized spacial score (nSPS) is 25.3. The van der Waals surface area contributed by atoms with E-state index in [1.165, 1.54) is 12.1 Å². The average molecular weight is 301 g/mol. The van der Waals surface area contributed by atoms with Gasteiger partial charge in [-0.3, -0.25) is 4.79 Å². The number of hydrogen-bond acceptors (Lipinski definition) is 4. The van der Waals surface area contributed by atoms with Crippen molar-refractivity contribution in [3.8, 4) is 0 Å². The predicted octanol–water partition coefficient (Wildman–Crippen LogP) is 1.15. The van der Waals surface area contributed by atoms with Crippen LogP contribution in [0.5, 0.6) is 0 Å². The Bertz CT molecular complexity index is 585. The van der Waals surface area contributed by atoms with Crippen LogP contribution in [0.1, 0.15) is 10.4 Å². The van der Waals surface area contributed by atoms with E-state index in [1.807, 2.05) is 0 Å². The molecule has 0 spiro atoms. The molecule has 0 radical (unpaired) electrons. The summed E-state index contributed by atoms with van der Waals surface area (Å²) in [6.07, 6.45) is -4.14. The lowest BCUT2D eigenvalue weighted by molar-refractivity contribution is -0.330. The molecule has 21 heavy (non-hydrogen) atoms. The van der Waals surface area contributed by atoms with Crippen LogP contribution in [0.25, 0.3) is 0 Å². The van der Waals surface area contributed by atoms with Crippen LogP contribution in [0.4, 0.5) is 13.2 Å². The first-order chi connectivity index (χ1) is 9.73. The fourth-order valence-electron chi connectivity index (χ4n) is 1.63. The van der Waals surface area contributed by atoms with Gasteiger partial charge in [0, 0.05) is 5.56 Å². The van der Waals surface area contributed by atoms with Crippen molar-refractivity contribution in [3.63, 3.8) is 0 Å². The van der Waals surface area contributed by atoms with Gasteiger partial charge in [-0.15, -0.1) is 0 Å². The van der Waals surface area contributed by atoms with Gasteiger partial charge in [-0.25, -0.2) is 4.79 Å². The maximum absolute atomic E-state index is 12.5. The highest BCUT2D eigenvalue weighted by Gasteiger charge is 2.58. The lowest BCUT2D eigenvalue weighted by atomic mass is 10.1. The molecule has 1 amide bonds. The summed E-state index contributed by atoms with van der Waals surface area (Å²) in [7, 11) is 0. The SMILES string of the molecule is O=C(NC1C=CC(O)(C(F)(F)F)OC1=O)c1ccccc1. The molecule has 2 unspecified atom stereocenters. The highest BCUT2D eigenvalue weighted by molar-refractivity contribution is 5.97. The number of amides is 1. The summed E-state index contributed by atoms with van der Waals surface area (Å²) in [6.45, 7) is 0. The summed E-state index contributed by atoms with van der Waals surface area (Å²) in [5, 5.41) is 11.4. The van der Waals surface area contributed by atoms with Gasteiger partial charge in [-0.2, -0.15) is 13.2 Å². The molecule has 0 saturated heterocycles. The van der Waals surface area contributed by atoms with Gasteiger partial charge in [0.25, 0.3) is 5.91 Å². The van der Waals surface area contributed by atoms with Crippen molar-refractivity contribution in [3.05, 3.63) is 48.0 Å². The minimum absolute atomic E-state index is 0.232. The average Bonchev–Trinajstić information content (AvgIpc) is 2.42. The molecule has 1 aromatic rings. The number of esters is 1. The second-order valence-electron chi connectivity index (χ2n) is 4.29. The Morgan fingerprint density at radius 2 is 1.90 bits per heavy atom. The molecule has 1 heterocycles. The van der Waals surface area contributed by atoms with Crippen LogP contribution in [0.2, 0.25) is 0 Å². The van der Waals surface area contributed by atoms with Crippen molar-refractivity contribution in [1.82, 2.24) is 5.32 Å². The molecule has 0 saturated carbocycles. The second kappa shape index (κ2) is 5.21. The molecular formula is C13H10F3NO4. The molecule has 0 fully saturated rings. The molecule has 2 N–H and O–H groups in total. The van der Waals surface area contributed by atoms with E-state index in [-0.39, 0.29) is 11.6 Å². The first-order valence-corrected chi connectivity index (χ1v) is 5.80. The van der Waals surface area contributed by atoms with Gasteiger partial charge >= 0.3 is 17.9 Å². The van der Waals surface area contributed by atoms with Crippen LogP contribution >= 0.6 is 0 Å². The number of hydrogen-bond donors (Lipinski definition) is 2. The summed E-state index contributed by atoms with van der Waals surface area (Å²) in [5.74, 6) is -5.72.